The van der Waals surface area contributed by atoms with Gasteiger partial charge in [0.15, 0.2) is 5.78 Å². The molecule has 0 saturated heterocycles. The number of carbonyl (C=O) groups is 2. The van der Waals surface area contributed by atoms with E-state index in [-0.39, 0.29) is 24.8 Å². The van der Waals surface area contributed by atoms with Crippen molar-refractivity contribution >= 4 is 22.5 Å². The van der Waals surface area contributed by atoms with Crippen LogP contribution in [0.2, 0.25) is 0 Å². The third-order valence-corrected chi connectivity index (χ3v) is 3.87. The van der Waals surface area contributed by atoms with Crippen LogP contribution in [0, 0.1) is 0 Å². The molecule has 0 aliphatic heterocycles. The Bertz CT molecular complexity index is 880. The zero-order chi connectivity index (χ0) is 16.9. The van der Waals surface area contributed by atoms with Gasteiger partial charge in [-0.3, -0.25) is 14.6 Å². The van der Waals surface area contributed by atoms with Crippen LogP contribution >= 0.6 is 0 Å². The zero-order valence-corrected chi connectivity index (χ0v) is 13.4. The van der Waals surface area contributed by atoms with E-state index in [0.29, 0.717) is 5.56 Å². The predicted molar refractivity (Wildman–Crippen MR) is 91.7 cm³/mol. The number of ketones is 1. The first-order valence-electron chi connectivity index (χ1n) is 7.70. The summed E-state index contributed by atoms with van der Waals surface area (Å²) in [7, 11) is 0. The third-order valence-electron chi connectivity index (χ3n) is 3.87. The van der Waals surface area contributed by atoms with E-state index in [1.807, 2.05) is 24.3 Å². The maximum atomic E-state index is 12.1. The Kier molecular flexibility index (Phi) is 4.66. The number of aromatic nitrogens is 1. The number of rotatable bonds is 5. The molecule has 4 nitrogen and oxygen atoms in total. The quantitative estimate of drug-likeness (QED) is 0.531. The summed E-state index contributed by atoms with van der Waals surface area (Å²) in [6.07, 6.45) is 3.71. The number of benzene rings is 2. The minimum atomic E-state index is -0.282. The fraction of sp³-hybridized carbons (Fsp3) is 0.150. The highest BCUT2D eigenvalue weighted by Crippen LogP contribution is 2.18. The normalized spacial score (nSPS) is 10.5. The Balaban J connectivity index is 1.64. The Morgan fingerprint density at radius 3 is 2.58 bits per heavy atom. The van der Waals surface area contributed by atoms with Crippen LogP contribution in [0.4, 0.5) is 0 Å². The number of ether oxygens (including phenoxy) is 1. The van der Waals surface area contributed by atoms with Gasteiger partial charge in [-0.2, -0.15) is 0 Å². The monoisotopic (exact) mass is 319 g/mol. The van der Waals surface area contributed by atoms with E-state index in [1.165, 1.54) is 6.92 Å². The smallest absolute Gasteiger partial charge is 0.310 e. The van der Waals surface area contributed by atoms with Gasteiger partial charge in [0.25, 0.3) is 0 Å². The fourth-order valence-electron chi connectivity index (χ4n) is 2.55. The molecule has 0 N–H and O–H groups in total. The van der Waals surface area contributed by atoms with Gasteiger partial charge in [0.05, 0.1) is 6.42 Å². The van der Waals surface area contributed by atoms with Crippen molar-refractivity contribution in [2.45, 2.75) is 20.0 Å². The molecule has 2 aromatic carbocycles. The van der Waals surface area contributed by atoms with Crippen molar-refractivity contribution in [1.82, 2.24) is 4.98 Å². The summed E-state index contributed by atoms with van der Waals surface area (Å²) in [6, 6.07) is 14.8. The summed E-state index contributed by atoms with van der Waals surface area (Å²) in [5.41, 5.74) is 2.43. The standard InChI is InChI=1S/C20H17NO3/c1-14(22)16-7-5-15(6-8-16)13-24-20(23)11-17-3-2-4-18-12-21-10-9-19(17)18/h2-10,12H,11,13H2,1H3. The number of esters is 1. The van der Waals surface area contributed by atoms with Crippen molar-refractivity contribution in [2.75, 3.05) is 0 Å². The largest absolute Gasteiger partial charge is 0.461 e. The Hall–Kier alpha value is -3.01. The number of carbonyl (C=O) groups excluding carboxylic acids is 2. The lowest BCUT2D eigenvalue weighted by Gasteiger charge is -2.08. The first kappa shape index (κ1) is 15.9. The topological polar surface area (TPSA) is 56.3 Å². The summed E-state index contributed by atoms with van der Waals surface area (Å²) in [5.74, 6) is -0.265. The second-order valence-corrected chi connectivity index (χ2v) is 5.60. The zero-order valence-electron chi connectivity index (χ0n) is 13.4. The predicted octanol–water partition coefficient (Wildman–Crippen LogP) is 3.72. The van der Waals surface area contributed by atoms with Gasteiger partial charge >= 0.3 is 5.97 Å². The summed E-state index contributed by atoms with van der Waals surface area (Å²) in [6.45, 7) is 1.72. The van der Waals surface area contributed by atoms with Gasteiger partial charge in [0.1, 0.15) is 6.61 Å². The first-order valence-corrected chi connectivity index (χ1v) is 7.70. The highest BCUT2D eigenvalue weighted by atomic mass is 16.5. The van der Waals surface area contributed by atoms with Crippen molar-refractivity contribution in [3.63, 3.8) is 0 Å². The van der Waals surface area contributed by atoms with Crippen LogP contribution < -0.4 is 0 Å². The van der Waals surface area contributed by atoms with Crippen LogP contribution in [-0.4, -0.2) is 16.7 Å². The molecule has 24 heavy (non-hydrogen) atoms. The number of hydrogen-bond donors (Lipinski definition) is 0. The third kappa shape index (κ3) is 3.66. The highest BCUT2D eigenvalue weighted by molar-refractivity contribution is 5.94. The average molecular weight is 319 g/mol. The van der Waals surface area contributed by atoms with Crippen molar-refractivity contribution in [3.8, 4) is 0 Å². The number of hydrogen-bond acceptors (Lipinski definition) is 4. The van der Waals surface area contributed by atoms with E-state index in [2.05, 4.69) is 4.98 Å². The van der Waals surface area contributed by atoms with E-state index in [9.17, 15) is 9.59 Å². The molecule has 0 aliphatic rings. The van der Waals surface area contributed by atoms with Crippen LogP contribution in [0.1, 0.15) is 28.4 Å². The van der Waals surface area contributed by atoms with E-state index in [1.54, 1.807) is 36.7 Å². The molecule has 4 heteroatoms. The number of Topliss-reactive ketones (excluding diaryl/α,β-unsaturated/α-hetero) is 1. The lowest BCUT2D eigenvalue weighted by molar-refractivity contribution is -0.144. The van der Waals surface area contributed by atoms with Gasteiger partial charge < -0.3 is 4.74 Å². The molecule has 3 rings (SSSR count). The van der Waals surface area contributed by atoms with Gasteiger partial charge in [-0.1, -0.05) is 42.5 Å². The summed E-state index contributed by atoms with van der Waals surface area (Å²) < 4.78 is 5.34. The number of nitrogens with zero attached hydrogens (tertiary/aromatic N) is 1. The number of pyridine rings is 1. The van der Waals surface area contributed by atoms with E-state index in [0.717, 1.165) is 21.9 Å². The van der Waals surface area contributed by atoms with Crippen LogP contribution in [0.25, 0.3) is 10.8 Å². The SMILES string of the molecule is CC(=O)c1ccc(COC(=O)Cc2cccc3cnccc23)cc1. The van der Waals surface area contributed by atoms with Gasteiger partial charge in [-0.25, -0.2) is 0 Å². The molecule has 1 aromatic heterocycles. The fourth-order valence-corrected chi connectivity index (χ4v) is 2.55. The van der Waals surface area contributed by atoms with Crippen molar-refractivity contribution in [2.24, 2.45) is 0 Å². The van der Waals surface area contributed by atoms with Crippen LogP contribution in [0.3, 0.4) is 0 Å². The number of fused-ring (bicyclic) bond motifs is 1. The van der Waals surface area contributed by atoms with Crippen molar-refractivity contribution in [1.29, 1.82) is 0 Å². The Labute approximate surface area is 140 Å². The van der Waals surface area contributed by atoms with E-state index in [4.69, 9.17) is 4.74 Å². The van der Waals surface area contributed by atoms with Gasteiger partial charge in [-0.15, -0.1) is 0 Å². The second kappa shape index (κ2) is 7.04. The molecule has 3 aromatic rings. The van der Waals surface area contributed by atoms with Crippen LogP contribution in [0.15, 0.2) is 60.9 Å². The Morgan fingerprint density at radius 2 is 1.83 bits per heavy atom. The minimum Gasteiger partial charge on any atom is -0.461 e. The molecule has 0 spiro atoms. The summed E-state index contributed by atoms with van der Waals surface area (Å²) in [5, 5.41) is 2.01. The maximum Gasteiger partial charge on any atom is 0.310 e. The molecule has 1 heterocycles. The van der Waals surface area contributed by atoms with Crippen molar-refractivity contribution in [3.05, 3.63) is 77.6 Å². The molecule has 0 fully saturated rings. The second-order valence-electron chi connectivity index (χ2n) is 5.60. The first-order chi connectivity index (χ1) is 11.6. The van der Waals surface area contributed by atoms with E-state index >= 15 is 0 Å². The molecular formula is C20H17NO3. The summed E-state index contributed by atoms with van der Waals surface area (Å²) >= 11 is 0. The van der Waals surface area contributed by atoms with E-state index < -0.39 is 0 Å². The Morgan fingerprint density at radius 1 is 1.04 bits per heavy atom. The minimum absolute atomic E-state index is 0.0176. The van der Waals surface area contributed by atoms with Gasteiger partial charge in [0.2, 0.25) is 0 Å². The van der Waals surface area contributed by atoms with Crippen molar-refractivity contribution < 1.29 is 14.3 Å². The molecule has 0 aliphatic carbocycles. The highest BCUT2D eigenvalue weighted by Gasteiger charge is 2.09. The van der Waals surface area contributed by atoms with Crippen LogP contribution in [-0.2, 0) is 22.6 Å². The van der Waals surface area contributed by atoms with Gasteiger partial charge in [0, 0.05) is 23.3 Å². The molecule has 0 amide bonds. The maximum absolute atomic E-state index is 12.1. The average Bonchev–Trinajstić information content (AvgIpc) is 2.61. The molecule has 0 unspecified atom stereocenters. The van der Waals surface area contributed by atoms with Crippen LogP contribution in [0.5, 0.6) is 0 Å². The molecular weight excluding hydrogens is 302 g/mol. The molecule has 0 radical (unpaired) electrons. The lowest BCUT2D eigenvalue weighted by Crippen LogP contribution is -2.08. The lowest BCUT2D eigenvalue weighted by atomic mass is 10.0. The summed E-state index contributed by atoms with van der Waals surface area (Å²) in [4.78, 5) is 27.4. The molecule has 0 saturated carbocycles. The molecule has 0 atom stereocenters. The van der Waals surface area contributed by atoms with Gasteiger partial charge in [-0.05, 0) is 29.5 Å². The molecule has 0 bridgehead atoms. The molecule has 120 valence electrons.